The highest BCUT2D eigenvalue weighted by Gasteiger charge is 2.25. The van der Waals surface area contributed by atoms with Crippen molar-refractivity contribution >= 4 is 65.6 Å². The molecule has 1 amide bonds. The molecule has 10 heteroatoms. The first-order chi connectivity index (χ1) is 12.2. The molecule has 1 aromatic carbocycles. The molecule has 26 heavy (non-hydrogen) atoms. The lowest BCUT2D eigenvalue weighted by molar-refractivity contribution is -0.116. The number of hydrogen-bond acceptors (Lipinski definition) is 6. The van der Waals surface area contributed by atoms with E-state index in [1.807, 2.05) is 26.0 Å². The van der Waals surface area contributed by atoms with E-state index in [0.29, 0.717) is 9.47 Å². The lowest BCUT2D eigenvalue weighted by Crippen LogP contribution is -2.34. The Hall–Kier alpha value is -1.52. The Morgan fingerprint density at radius 2 is 1.88 bits per heavy atom. The Bertz CT molecular complexity index is 1050. The number of fused-ring (bicyclic) bond motifs is 1. The Labute approximate surface area is 164 Å². The van der Waals surface area contributed by atoms with Crippen molar-refractivity contribution in [3.05, 3.63) is 39.7 Å². The van der Waals surface area contributed by atoms with Gasteiger partial charge in [-0.05, 0) is 37.1 Å². The quantitative estimate of drug-likeness (QED) is 0.667. The van der Waals surface area contributed by atoms with Crippen molar-refractivity contribution in [1.29, 1.82) is 0 Å². The number of rotatable bonds is 5. The van der Waals surface area contributed by atoms with Crippen molar-refractivity contribution in [2.75, 3.05) is 18.9 Å². The average molecular weight is 430 g/mol. The molecule has 0 bridgehead atoms. The molecular formula is C16H16ClN3O3S3. The number of benzene rings is 1. The molecule has 0 aliphatic heterocycles. The van der Waals surface area contributed by atoms with Gasteiger partial charge in [0.2, 0.25) is 5.91 Å². The van der Waals surface area contributed by atoms with Gasteiger partial charge >= 0.3 is 0 Å². The van der Waals surface area contributed by atoms with E-state index in [1.54, 1.807) is 0 Å². The summed E-state index contributed by atoms with van der Waals surface area (Å²) in [6.07, 6.45) is 0. The molecule has 0 spiro atoms. The molecular weight excluding hydrogens is 414 g/mol. The summed E-state index contributed by atoms with van der Waals surface area (Å²) in [5.74, 6) is -0.451. The molecule has 138 valence electrons. The van der Waals surface area contributed by atoms with Crippen LogP contribution in [0.4, 0.5) is 5.13 Å². The van der Waals surface area contributed by atoms with Crippen molar-refractivity contribution in [3.8, 4) is 0 Å². The molecule has 3 aromatic rings. The number of carbonyl (C=O) groups excluding carboxylic acids is 1. The van der Waals surface area contributed by atoms with Crippen molar-refractivity contribution in [2.45, 2.75) is 18.1 Å². The highest BCUT2D eigenvalue weighted by Crippen LogP contribution is 2.31. The number of sulfonamides is 1. The van der Waals surface area contributed by atoms with Gasteiger partial charge in [-0.25, -0.2) is 13.4 Å². The Morgan fingerprint density at radius 3 is 2.50 bits per heavy atom. The number of aromatic nitrogens is 1. The highest BCUT2D eigenvalue weighted by atomic mass is 35.5. The molecule has 2 aromatic heterocycles. The molecule has 0 saturated carbocycles. The third-order valence-corrected chi connectivity index (χ3v) is 8.38. The van der Waals surface area contributed by atoms with Gasteiger partial charge in [0.25, 0.3) is 10.0 Å². The number of nitrogens with zero attached hydrogens (tertiary/aromatic N) is 2. The monoisotopic (exact) mass is 429 g/mol. The fraction of sp³-hybridized carbons (Fsp3) is 0.250. The van der Waals surface area contributed by atoms with Crippen LogP contribution in [0.2, 0.25) is 4.34 Å². The summed E-state index contributed by atoms with van der Waals surface area (Å²) in [7, 11) is -2.40. The number of thiophene rings is 1. The van der Waals surface area contributed by atoms with Crippen LogP contribution in [0.5, 0.6) is 0 Å². The van der Waals surface area contributed by atoms with E-state index in [9.17, 15) is 13.2 Å². The Balaban J connectivity index is 1.75. The Kier molecular flexibility index (Phi) is 5.36. The van der Waals surface area contributed by atoms with Crippen LogP contribution in [0.1, 0.15) is 11.1 Å². The first kappa shape index (κ1) is 19.2. The SMILES string of the molecule is Cc1ccc(C)c2sc(NC(=O)CN(C)S(=O)(=O)c3ccc(Cl)s3)nc12. The lowest BCUT2D eigenvalue weighted by atomic mass is 10.1. The summed E-state index contributed by atoms with van der Waals surface area (Å²) < 4.78 is 27.4. The number of aryl methyl sites for hydroxylation is 2. The van der Waals surface area contributed by atoms with E-state index >= 15 is 0 Å². The van der Waals surface area contributed by atoms with E-state index in [-0.39, 0.29) is 10.8 Å². The van der Waals surface area contributed by atoms with Crippen LogP contribution in [0, 0.1) is 13.8 Å². The minimum atomic E-state index is -3.75. The fourth-order valence-electron chi connectivity index (χ4n) is 2.35. The largest absolute Gasteiger partial charge is 0.301 e. The summed E-state index contributed by atoms with van der Waals surface area (Å²) in [5.41, 5.74) is 2.95. The molecule has 0 aliphatic rings. The summed E-state index contributed by atoms with van der Waals surface area (Å²) in [4.78, 5) is 16.7. The van der Waals surface area contributed by atoms with Gasteiger partial charge in [-0.1, -0.05) is 35.1 Å². The molecule has 1 N–H and O–H groups in total. The summed E-state index contributed by atoms with van der Waals surface area (Å²) >= 11 is 8.13. The first-order valence-corrected chi connectivity index (χ1v) is 11.0. The summed E-state index contributed by atoms with van der Waals surface area (Å²) in [6, 6.07) is 6.93. The number of thiazole rings is 1. The first-order valence-electron chi connectivity index (χ1n) is 7.57. The maximum Gasteiger partial charge on any atom is 0.252 e. The topological polar surface area (TPSA) is 79.4 Å². The third kappa shape index (κ3) is 3.77. The van der Waals surface area contributed by atoms with Gasteiger partial charge in [0.05, 0.1) is 21.1 Å². The summed E-state index contributed by atoms with van der Waals surface area (Å²) in [5, 5.41) is 3.14. The van der Waals surface area contributed by atoms with Crippen LogP contribution >= 0.6 is 34.3 Å². The van der Waals surface area contributed by atoms with Crippen LogP contribution in [0.15, 0.2) is 28.5 Å². The van der Waals surface area contributed by atoms with Gasteiger partial charge in [-0.2, -0.15) is 4.31 Å². The van der Waals surface area contributed by atoms with E-state index in [1.165, 1.54) is 30.5 Å². The second-order valence-electron chi connectivity index (χ2n) is 5.76. The second-order valence-corrected chi connectivity index (χ2v) is 10.7. The number of halogens is 1. The number of hydrogen-bond donors (Lipinski definition) is 1. The third-order valence-electron chi connectivity index (χ3n) is 3.77. The van der Waals surface area contributed by atoms with Gasteiger partial charge in [-0.15, -0.1) is 11.3 Å². The Morgan fingerprint density at radius 1 is 1.19 bits per heavy atom. The predicted molar refractivity (Wildman–Crippen MR) is 107 cm³/mol. The average Bonchev–Trinajstić information content (AvgIpc) is 3.18. The van der Waals surface area contributed by atoms with Gasteiger partial charge in [0.1, 0.15) is 4.21 Å². The van der Waals surface area contributed by atoms with E-state index in [0.717, 1.165) is 37.0 Å². The zero-order valence-corrected chi connectivity index (χ0v) is 17.4. The predicted octanol–water partition coefficient (Wildman–Crippen LogP) is 3.89. The number of nitrogens with one attached hydrogen (secondary N) is 1. The van der Waals surface area contributed by atoms with Gasteiger partial charge in [0.15, 0.2) is 5.13 Å². The molecule has 0 radical (unpaired) electrons. The van der Waals surface area contributed by atoms with Gasteiger partial charge in [-0.3, -0.25) is 4.79 Å². The van der Waals surface area contributed by atoms with E-state index in [4.69, 9.17) is 11.6 Å². The van der Waals surface area contributed by atoms with E-state index < -0.39 is 15.9 Å². The highest BCUT2D eigenvalue weighted by molar-refractivity contribution is 7.91. The van der Waals surface area contributed by atoms with E-state index in [2.05, 4.69) is 10.3 Å². The smallest absolute Gasteiger partial charge is 0.252 e. The summed E-state index contributed by atoms with van der Waals surface area (Å²) in [6.45, 7) is 3.63. The maximum atomic E-state index is 12.4. The maximum absolute atomic E-state index is 12.4. The van der Waals surface area contributed by atoms with Crippen molar-refractivity contribution < 1.29 is 13.2 Å². The normalized spacial score (nSPS) is 12.0. The minimum absolute atomic E-state index is 0.101. The van der Waals surface area contributed by atoms with Crippen molar-refractivity contribution in [1.82, 2.24) is 9.29 Å². The molecule has 0 aliphatic carbocycles. The number of amides is 1. The molecule has 3 rings (SSSR count). The zero-order valence-electron chi connectivity index (χ0n) is 14.2. The zero-order chi connectivity index (χ0) is 19.1. The standard InChI is InChI=1S/C16H16ClN3O3S3/c1-9-4-5-10(2)15-14(9)19-16(25-15)18-12(21)8-20(3)26(22,23)13-7-6-11(17)24-13/h4-7H,8H2,1-3H3,(H,18,19,21). The lowest BCUT2D eigenvalue weighted by Gasteiger charge is -2.14. The fourth-order valence-corrected chi connectivity index (χ4v) is 6.20. The molecule has 0 atom stereocenters. The van der Waals surface area contributed by atoms with Crippen LogP contribution in [-0.2, 0) is 14.8 Å². The van der Waals surface area contributed by atoms with Crippen LogP contribution < -0.4 is 5.32 Å². The number of anilines is 1. The van der Waals surface area contributed by atoms with Crippen LogP contribution in [-0.4, -0.2) is 37.2 Å². The number of carbonyl (C=O) groups is 1. The van der Waals surface area contributed by atoms with Crippen LogP contribution in [0.25, 0.3) is 10.2 Å². The van der Waals surface area contributed by atoms with Crippen molar-refractivity contribution in [2.24, 2.45) is 0 Å². The molecule has 0 fully saturated rings. The number of likely N-dealkylation sites (N-methyl/N-ethyl adjacent to an activating group) is 1. The molecule has 0 unspecified atom stereocenters. The van der Waals surface area contributed by atoms with Gasteiger partial charge in [0, 0.05) is 7.05 Å². The molecule has 0 saturated heterocycles. The van der Waals surface area contributed by atoms with Crippen molar-refractivity contribution in [3.63, 3.8) is 0 Å². The second kappa shape index (κ2) is 7.24. The molecule has 2 heterocycles. The van der Waals surface area contributed by atoms with Gasteiger partial charge < -0.3 is 5.32 Å². The molecule has 6 nitrogen and oxygen atoms in total. The minimum Gasteiger partial charge on any atom is -0.301 e. The van der Waals surface area contributed by atoms with Crippen LogP contribution in [0.3, 0.4) is 0 Å².